The Bertz CT molecular complexity index is 861. The van der Waals surface area contributed by atoms with Gasteiger partial charge in [0.25, 0.3) is 0 Å². The van der Waals surface area contributed by atoms with Crippen LogP contribution in [0.25, 0.3) is 11.4 Å². The zero-order chi connectivity index (χ0) is 16.5. The van der Waals surface area contributed by atoms with Crippen molar-refractivity contribution >= 4 is 23.5 Å². The van der Waals surface area contributed by atoms with Gasteiger partial charge in [0.2, 0.25) is 0 Å². The van der Waals surface area contributed by atoms with E-state index in [1.807, 2.05) is 30.1 Å². The van der Waals surface area contributed by atoms with Gasteiger partial charge in [-0.05, 0) is 37.6 Å². The third kappa shape index (κ3) is 2.96. The zero-order valence-corrected chi connectivity index (χ0v) is 15.3. The van der Waals surface area contributed by atoms with Crippen molar-refractivity contribution in [1.82, 2.24) is 19.7 Å². The maximum absolute atomic E-state index is 4.39. The van der Waals surface area contributed by atoms with Crippen LogP contribution in [0.4, 0.5) is 0 Å². The summed E-state index contributed by atoms with van der Waals surface area (Å²) in [5.41, 5.74) is 3.68. The summed E-state index contributed by atoms with van der Waals surface area (Å²) in [6, 6.07) is 11.0. The molecule has 0 saturated carbocycles. The molecule has 4 nitrogen and oxygen atoms in total. The van der Waals surface area contributed by atoms with Crippen molar-refractivity contribution in [2.45, 2.75) is 29.9 Å². The van der Waals surface area contributed by atoms with E-state index in [0.29, 0.717) is 6.04 Å². The average molecular weight is 355 g/mol. The summed E-state index contributed by atoms with van der Waals surface area (Å²) in [6.45, 7) is 4.32. The molecule has 4 rings (SSSR count). The first-order valence-corrected chi connectivity index (χ1v) is 9.87. The van der Waals surface area contributed by atoms with E-state index in [-0.39, 0.29) is 0 Å². The molecular formula is C18H18N4S2. The van der Waals surface area contributed by atoms with Crippen molar-refractivity contribution in [3.8, 4) is 11.4 Å². The van der Waals surface area contributed by atoms with Crippen LogP contribution in [0.15, 0.2) is 52.8 Å². The van der Waals surface area contributed by atoms with Crippen LogP contribution in [-0.2, 0) is 0 Å². The van der Waals surface area contributed by atoms with Crippen molar-refractivity contribution in [1.29, 1.82) is 0 Å². The van der Waals surface area contributed by atoms with Crippen molar-refractivity contribution in [2.75, 3.05) is 11.5 Å². The number of aromatic nitrogens is 4. The Balaban J connectivity index is 1.58. The first-order chi connectivity index (χ1) is 11.7. The lowest BCUT2D eigenvalue weighted by Gasteiger charge is -2.15. The highest BCUT2D eigenvalue weighted by Crippen LogP contribution is 2.39. The summed E-state index contributed by atoms with van der Waals surface area (Å²) < 4.78 is 2.28. The van der Waals surface area contributed by atoms with Gasteiger partial charge >= 0.3 is 0 Å². The molecule has 1 aromatic carbocycles. The molecule has 2 aromatic heterocycles. The third-order valence-corrected chi connectivity index (χ3v) is 6.52. The number of rotatable bonds is 4. The number of hydrogen-bond acceptors (Lipinski definition) is 5. The largest absolute Gasteiger partial charge is 0.297 e. The molecule has 0 amide bonds. The van der Waals surface area contributed by atoms with Crippen molar-refractivity contribution < 1.29 is 0 Å². The van der Waals surface area contributed by atoms with E-state index in [1.54, 1.807) is 18.0 Å². The SMILES string of the molecule is Cc1ccc(C)c(SCC2CSc3nnc(-c4cccnc4)n32)c1. The lowest BCUT2D eigenvalue weighted by molar-refractivity contribution is 0.597. The van der Waals surface area contributed by atoms with Gasteiger partial charge in [0, 0.05) is 34.4 Å². The third-order valence-electron chi connectivity index (χ3n) is 4.13. The lowest BCUT2D eigenvalue weighted by atomic mass is 10.2. The first-order valence-electron chi connectivity index (χ1n) is 7.90. The molecule has 0 bridgehead atoms. The minimum atomic E-state index is 0.403. The molecule has 122 valence electrons. The molecule has 0 radical (unpaired) electrons. The van der Waals surface area contributed by atoms with E-state index in [2.05, 4.69) is 51.8 Å². The Kier molecular flexibility index (Phi) is 4.33. The van der Waals surface area contributed by atoms with E-state index in [4.69, 9.17) is 0 Å². The molecule has 1 aliphatic heterocycles. The molecule has 0 spiro atoms. The topological polar surface area (TPSA) is 43.6 Å². The van der Waals surface area contributed by atoms with E-state index < -0.39 is 0 Å². The van der Waals surface area contributed by atoms with Gasteiger partial charge in [0.1, 0.15) is 0 Å². The molecule has 0 aliphatic carbocycles. The summed E-state index contributed by atoms with van der Waals surface area (Å²) in [7, 11) is 0. The maximum Gasteiger partial charge on any atom is 0.191 e. The molecule has 3 heterocycles. The van der Waals surface area contributed by atoms with E-state index in [0.717, 1.165) is 28.0 Å². The normalized spacial score (nSPS) is 16.3. The summed E-state index contributed by atoms with van der Waals surface area (Å²) in [5, 5.41) is 9.75. The van der Waals surface area contributed by atoms with Crippen LogP contribution in [-0.4, -0.2) is 31.3 Å². The van der Waals surface area contributed by atoms with Gasteiger partial charge in [-0.15, -0.1) is 22.0 Å². The van der Waals surface area contributed by atoms with Crippen molar-refractivity contribution in [3.05, 3.63) is 53.9 Å². The van der Waals surface area contributed by atoms with Gasteiger partial charge in [-0.25, -0.2) is 0 Å². The second-order valence-corrected chi connectivity index (χ2v) is 8.01. The highest BCUT2D eigenvalue weighted by molar-refractivity contribution is 8.00. The molecular weight excluding hydrogens is 336 g/mol. The predicted molar refractivity (Wildman–Crippen MR) is 99.7 cm³/mol. The minimum Gasteiger partial charge on any atom is -0.297 e. The quantitative estimate of drug-likeness (QED) is 0.650. The molecule has 3 aromatic rings. The van der Waals surface area contributed by atoms with Crippen LogP contribution >= 0.6 is 23.5 Å². The fraction of sp³-hybridized carbons (Fsp3) is 0.278. The Morgan fingerprint density at radius 1 is 1.25 bits per heavy atom. The Hall–Kier alpha value is -1.79. The van der Waals surface area contributed by atoms with Crippen molar-refractivity contribution in [3.63, 3.8) is 0 Å². The van der Waals surface area contributed by atoms with Crippen LogP contribution in [0.2, 0.25) is 0 Å². The van der Waals surface area contributed by atoms with E-state index in [9.17, 15) is 0 Å². The van der Waals surface area contributed by atoms with Gasteiger partial charge in [-0.1, -0.05) is 29.5 Å². The number of pyridine rings is 1. The van der Waals surface area contributed by atoms with Gasteiger partial charge in [0.05, 0.1) is 6.04 Å². The van der Waals surface area contributed by atoms with Gasteiger partial charge in [-0.3, -0.25) is 9.55 Å². The molecule has 6 heteroatoms. The molecule has 1 unspecified atom stereocenters. The highest BCUT2D eigenvalue weighted by Gasteiger charge is 2.28. The second kappa shape index (κ2) is 6.61. The standard InChI is InChI=1S/C18H18N4S2/c1-12-5-6-13(2)16(8-12)23-10-15-11-24-18-21-20-17(22(15)18)14-4-3-7-19-9-14/h3-9,15H,10-11H2,1-2H3. The number of benzene rings is 1. The number of nitrogens with zero attached hydrogens (tertiary/aromatic N) is 4. The molecule has 0 saturated heterocycles. The number of thioether (sulfide) groups is 2. The zero-order valence-electron chi connectivity index (χ0n) is 13.6. The van der Waals surface area contributed by atoms with Crippen molar-refractivity contribution in [2.24, 2.45) is 0 Å². The summed E-state index contributed by atoms with van der Waals surface area (Å²) >= 11 is 3.71. The average Bonchev–Trinajstić information content (AvgIpc) is 3.19. The maximum atomic E-state index is 4.39. The van der Waals surface area contributed by atoms with Crippen LogP contribution in [0.5, 0.6) is 0 Å². The molecule has 1 aliphatic rings. The first kappa shape index (κ1) is 15.7. The number of aryl methyl sites for hydroxylation is 2. The van der Waals surface area contributed by atoms with Crippen LogP contribution in [0.1, 0.15) is 17.2 Å². The summed E-state index contributed by atoms with van der Waals surface area (Å²) in [6.07, 6.45) is 3.64. The minimum absolute atomic E-state index is 0.403. The fourth-order valence-corrected chi connectivity index (χ4v) is 5.25. The Labute approximate surface area is 150 Å². The Morgan fingerprint density at radius 2 is 2.17 bits per heavy atom. The lowest BCUT2D eigenvalue weighted by Crippen LogP contribution is -2.11. The molecule has 24 heavy (non-hydrogen) atoms. The number of hydrogen-bond donors (Lipinski definition) is 0. The Morgan fingerprint density at radius 3 is 3.00 bits per heavy atom. The molecule has 0 fully saturated rings. The van der Waals surface area contributed by atoms with Crippen LogP contribution in [0, 0.1) is 13.8 Å². The van der Waals surface area contributed by atoms with E-state index in [1.165, 1.54) is 16.0 Å². The monoisotopic (exact) mass is 354 g/mol. The van der Waals surface area contributed by atoms with Crippen LogP contribution in [0.3, 0.4) is 0 Å². The summed E-state index contributed by atoms with van der Waals surface area (Å²) in [5.74, 6) is 3.00. The molecule has 1 atom stereocenters. The van der Waals surface area contributed by atoms with E-state index >= 15 is 0 Å². The van der Waals surface area contributed by atoms with Gasteiger partial charge in [0.15, 0.2) is 11.0 Å². The summed E-state index contributed by atoms with van der Waals surface area (Å²) in [4.78, 5) is 5.58. The smallest absolute Gasteiger partial charge is 0.191 e. The molecule has 0 N–H and O–H groups in total. The second-order valence-electron chi connectivity index (χ2n) is 5.96. The predicted octanol–water partition coefficient (Wildman–Crippen LogP) is 4.40. The van der Waals surface area contributed by atoms with Gasteiger partial charge in [-0.2, -0.15) is 0 Å². The van der Waals surface area contributed by atoms with Crippen LogP contribution < -0.4 is 0 Å². The van der Waals surface area contributed by atoms with Gasteiger partial charge < -0.3 is 0 Å². The number of fused-ring (bicyclic) bond motifs is 1. The highest BCUT2D eigenvalue weighted by atomic mass is 32.2. The fourth-order valence-electron chi connectivity index (χ4n) is 2.81.